The Hall–Kier alpha value is -1.07. The number of methoxy groups -OCH3 is 1. The van der Waals surface area contributed by atoms with E-state index in [1.807, 2.05) is 0 Å². The Balaban J connectivity index is 2.52. The smallest absolute Gasteiger partial charge is 0.232 e. The molecule has 1 unspecified atom stereocenters. The molecule has 2 N–H and O–H groups in total. The summed E-state index contributed by atoms with van der Waals surface area (Å²) in [6.45, 7) is 0.0159. The van der Waals surface area contributed by atoms with Gasteiger partial charge in [0.25, 0.3) is 0 Å². The van der Waals surface area contributed by atoms with Crippen LogP contribution in [0.4, 0.5) is 0 Å². The first-order chi connectivity index (χ1) is 5.76. The summed E-state index contributed by atoms with van der Waals surface area (Å²) in [7, 11) is 1.52. The minimum Gasteiger partial charge on any atom is -0.480 e. The monoisotopic (exact) mass is 172 g/mol. The van der Waals surface area contributed by atoms with E-state index in [-0.39, 0.29) is 13.2 Å². The molecule has 0 amide bonds. The predicted molar refractivity (Wildman–Crippen MR) is 41.9 cm³/mol. The second-order valence-electron chi connectivity index (χ2n) is 2.42. The van der Waals surface area contributed by atoms with Crippen molar-refractivity contribution in [2.45, 2.75) is 12.6 Å². The van der Waals surface area contributed by atoms with E-state index in [1.54, 1.807) is 12.3 Å². The Labute approximate surface area is 70.2 Å². The van der Waals surface area contributed by atoms with Crippen LogP contribution in [0.25, 0.3) is 0 Å². The highest BCUT2D eigenvalue weighted by Crippen LogP contribution is 2.04. The third kappa shape index (κ3) is 2.21. The zero-order chi connectivity index (χ0) is 8.97. The van der Waals surface area contributed by atoms with Crippen molar-refractivity contribution in [3.05, 3.63) is 12.3 Å². The molecule has 1 rings (SSSR count). The van der Waals surface area contributed by atoms with Gasteiger partial charge in [-0.2, -0.15) is 0 Å². The molecular formula is C7H12N2O3. The van der Waals surface area contributed by atoms with Crippen LogP contribution in [0.3, 0.4) is 0 Å². The lowest BCUT2D eigenvalue weighted by atomic mass is 10.4. The Bertz CT molecular complexity index is 236. The number of aliphatic hydroxyl groups is 2. The van der Waals surface area contributed by atoms with Crippen LogP contribution in [0.5, 0.6) is 5.88 Å². The van der Waals surface area contributed by atoms with Crippen molar-refractivity contribution in [1.29, 1.82) is 0 Å². The van der Waals surface area contributed by atoms with Gasteiger partial charge in [-0.15, -0.1) is 5.10 Å². The van der Waals surface area contributed by atoms with E-state index in [0.717, 1.165) is 0 Å². The third-order valence-electron chi connectivity index (χ3n) is 1.43. The first-order valence-corrected chi connectivity index (χ1v) is 3.62. The summed E-state index contributed by atoms with van der Waals surface area (Å²) >= 11 is 0. The molecule has 0 aliphatic rings. The molecule has 0 saturated heterocycles. The molecule has 0 aromatic carbocycles. The maximum absolute atomic E-state index is 9.04. The fourth-order valence-corrected chi connectivity index (χ4v) is 0.827. The zero-order valence-corrected chi connectivity index (χ0v) is 6.84. The van der Waals surface area contributed by atoms with Crippen LogP contribution < -0.4 is 4.74 Å². The number of rotatable bonds is 4. The second kappa shape index (κ2) is 4.08. The van der Waals surface area contributed by atoms with Crippen LogP contribution in [-0.2, 0) is 6.54 Å². The van der Waals surface area contributed by atoms with Crippen molar-refractivity contribution in [3.63, 3.8) is 0 Å². The van der Waals surface area contributed by atoms with Gasteiger partial charge in [0.2, 0.25) is 5.88 Å². The van der Waals surface area contributed by atoms with Gasteiger partial charge in [0, 0.05) is 12.3 Å². The molecule has 0 saturated carbocycles. The van der Waals surface area contributed by atoms with Crippen LogP contribution in [-0.4, -0.2) is 39.8 Å². The van der Waals surface area contributed by atoms with Crippen molar-refractivity contribution >= 4 is 0 Å². The van der Waals surface area contributed by atoms with Gasteiger partial charge in [0.15, 0.2) is 0 Å². The number of aromatic nitrogens is 2. The predicted octanol–water partition coefficient (Wildman–Crippen LogP) is -0.755. The second-order valence-corrected chi connectivity index (χ2v) is 2.42. The number of hydrogen-bond acceptors (Lipinski definition) is 4. The van der Waals surface area contributed by atoms with Gasteiger partial charge in [0.05, 0.1) is 26.4 Å². The van der Waals surface area contributed by atoms with Crippen LogP contribution >= 0.6 is 0 Å². The minimum absolute atomic E-state index is 0.262. The van der Waals surface area contributed by atoms with Crippen molar-refractivity contribution in [2.75, 3.05) is 13.7 Å². The lowest BCUT2D eigenvalue weighted by Crippen LogP contribution is -2.20. The normalized spacial score (nSPS) is 12.9. The fraction of sp³-hybridized carbons (Fsp3) is 0.571. The van der Waals surface area contributed by atoms with Crippen molar-refractivity contribution < 1.29 is 14.9 Å². The zero-order valence-electron chi connectivity index (χ0n) is 6.84. The largest absolute Gasteiger partial charge is 0.480 e. The number of hydrogen-bond donors (Lipinski definition) is 2. The highest BCUT2D eigenvalue weighted by atomic mass is 16.5. The van der Waals surface area contributed by atoms with E-state index < -0.39 is 6.10 Å². The van der Waals surface area contributed by atoms with E-state index in [0.29, 0.717) is 5.88 Å². The van der Waals surface area contributed by atoms with E-state index in [4.69, 9.17) is 14.9 Å². The Morgan fingerprint density at radius 3 is 3.00 bits per heavy atom. The maximum atomic E-state index is 9.04. The molecule has 0 fully saturated rings. The number of nitrogens with zero attached hydrogens (tertiary/aromatic N) is 2. The first-order valence-electron chi connectivity index (χ1n) is 3.62. The molecule has 0 aliphatic heterocycles. The topological polar surface area (TPSA) is 67.5 Å². The van der Waals surface area contributed by atoms with Crippen LogP contribution in [0.2, 0.25) is 0 Å². The minimum atomic E-state index is -0.769. The summed E-state index contributed by atoms with van der Waals surface area (Å²) in [5, 5.41) is 21.5. The van der Waals surface area contributed by atoms with E-state index >= 15 is 0 Å². The van der Waals surface area contributed by atoms with Crippen LogP contribution in [0.15, 0.2) is 12.3 Å². The van der Waals surface area contributed by atoms with E-state index in [2.05, 4.69) is 5.10 Å². The molecule has 1 heterocycles. The van der Waals surface area contributed by atoms with Gasteiger partial charge >= 0.3 is 0 Å². The summed E-state index contributed by atoms with van der Waals surface area (Å²) in [4.78, 5) is 0. The third-order valence-corrected chi connectivity index (χ3v) is 1.43. The number of aliphatic hydroxyl groups excluding tert-OH is 2. The summed E-state index contributed by atoms with van der Waals surface area (Å²) < 4.78 is 6.35. The van der Waals surface area contributed by atoms with Gasteiger partial charge in [0.1, 0.15) is 0 Å². The first kappa shape index (κ1) is 9.02. The van der Waals surface area contributed by atoms with Crippen molar-refractivity contribution in [2.24, 2.45) is 0 Å². The SMILES string of the molecule is COc1ccn(CC(O)CO)n1. The maximum Gasteiger partial charge on any atom is 0.232 e. The molecule has 0 spiro atoms. The van der Waals surface area contributed by atoms with E-state index in [1.165, 1.54) is 11.8 Å². The van der Waals surface area contributed by atoms with Gasteiger partial charge in [-0.3, -0.25) is 4.68 Å². The number of ether oxygens (including phenoxy) is 1. The van der Waals surface area contributed by atoms with Crippen LogP contribution in [0.1, 0.15) is 0 Å². The molecule has 5 heteroatoms. The molecular weight excluding hydrogens is 160 g/mol. The molecule has 1 aromatic heterocycles. The molecule has 0 radical (unpaired) electrons. The highest BCUT2D eigenvalue weighted by molar-refractivity contribution is 5.05. The lowest BCUT2D eigenvalue weighted by Gasteiger charge is -2.05. The molecule has 1 atom stereocenters. The molecule has 1 aromatic rings. The van der Waals surface area contributed by atoms with Crippen molar-refractivity contribution in [1.82, 2.24) is 9.78 Å². The summed E-state index contributed by atoms with van der Waals surface area (Å²) in [6, 6.07) is 1.68. The molecule has 0 bridgehead atoms. The highest BCUT2D eigenvalue weighted by Gasteiger charge is 2.04. The van der Waals surface area contributed by atoms with Gasteiger partial charge < -0.3 is 14.9 Å². The van der Waals surface area contributed by atoms with Gasteiger partial charge in [-0.25, -0.2) is 0 Å². The quantitative estimate of drug-likeness (QED) is 0.626. The average molecular weight is 172 g/mol. The van der Waals surface area contributed by atoms with Crippen LogP contribution in [0, 0.1) is 0 Å². The molecule has 12 heavy (non-hydrogen) atoms. The summed E-state index contributed by atoms with van der Waals surface area (Å²) in [5.74, 6) is 0.500. The Morgan fingerprint density at radius 1 is 1.75 bits per heavy atom. The molecule has 0 aliphatic carbocycles. The van der Waals surface area contributed by atoms with Gasteiger partial charge in [-0.05, 0) is 0 Å². The lowest BCUT2D eigenvalue weighted by molar-refractivity contribution is 0.0779. The Kier molecular flexibility index (Phi) is 3.07. The molecule has 68 valence electrons. The fourth-order valence-electron chi connectivity index (χ4n) is 0.827. The standard InChI is InChI=1S/C7H12N2O3/c1-12-7-2-3-9(8-7)4-6(11)5-10/h2-3,6,10-11H,4-5H2,1H3. The van der Waals surface area contributed by atoms with E-state index in [9.17, 15) is 0 Å². The average Bonchev–Trinajstić information content (AvgIpc) is 2.52. The Morgan fingerprint density at radius 2 is 2.50 bits per heavy atom. The summed E-state index contributed by atoms with van der Waals surface area (Å²) in [5.41, 5.74) is 0. The summed E-state index contributed by atoms with van der Waals surface area (Å²) in [6.07, 6.45) is 0.909. The van der Waals surface area contributed by atoms with Gasteiger partial charge in [-0.1, -0.05) is 0 Å². The molecule has 5 nitrogen and oxygen atoms in total. The van der Waals surface area contributed by atoms with Crippen molar-refractivity contribution in [3.8, 4) is 5.88 Å².